The van der Waals surface area contributed by atoms with Crippen molar-refractivity contribution in [3.8, 4) is 0 Å². The van der Waals surface area contributed by atoms with Crippen molar-refractivity contribution >= 4 is 5.69 Å². The van der Waals surface area contributed by atoms with Crippen LogP contribution in [0.4, 0.5) is 10.1 Å². The second kappa shape index (κ2) is 6.34. The smallest absolute Gasteiger partial charge is 0.125 e. The van der Waals surface area contributed by atoms with Crippen LogP contribution >= 0.6 is 0 Å². The van der Waals surface area contributed by atoms with E-state index in [9.17, 15) is 4.39 Å². The first kappa shape index (κ1) is 13.6. The number of hydrogen-bond acceptors (Lipinski definition) is 2. The van der Waals surface area contributed by atoms with Gasteiger partial charge in [-0.1, -0.05) is 30.3 Å². The fourth-order valence-electron chi connectivity index (χ4n) is 2.04. The lowest BCUT2D eigenvalue weighted by atomic mass is 10.1. The lowest BCUT2D eigenvalue weighted by Gasteiger charge is -2.20. The molecule has 0 aliphatic rings. The van der Waals surface area contributed by atoms with Gasteiger partial charge >= 0.3 is 0 Å². The quantitative estimate of drug-likeness (QED) is 0.893. The molecular weight excluding hydrogens is 239 g/mol. The Morgan fingerprint density at radius 1 is 1.05 bits per heavy atom. The molecule has 2 aromatic carbocycles. The molecule has 0 bridgehead atoms. The van der Waals surface area contributed by atoms with Crippen LogP contribution in [0.2, 0.25) is 0 Å². The zero-order chi connectivity index (χ0) is 13.7. The van der Waals surface area contributed by atoms with Gasteiger partial charge in [0.2, 0.25) is 0 Å². The zero-order valence-corrected chi connectivity index (χ0v) is 11.1. The van der Waals surface area contributed by atoms with E-state index in [0.29, 0.717) is 6.54 Å². The van der Waals surface area contributed by atoms with Crippen molar-refractivity contribution in [2.24, 2.45) is 5.73 Å². The summed E-state index contributed by atoms with van der Waals surface area (Å²) in [7, 11) is 1.97. The average Bonchev–Trinajstić information content (AvgIpc) is 2.45. The van der Waals surface area contributed by atoms with E-state index in [1.54, 1.807) is 6.07 Å². The molecule has 0 radical (unpaired) electrons. The third-order valence-electron chi connectivity index (χ3n) is 3.20. The lowest BCUT2D eigenvalue weighted by Crippen LogP contribution is -2.20. The van der Waals surface area contributed by atoms with E-state index < -0.39 is 0 Å². The summed E-state index contributed by atoms with van der Waals surface area (Å²) in [5, 5.41) is 0. The average molecular weight is 258 g/mol. The van der Waals surface area contributed by atoms with Gasteiger partial charge in [-0.3, -0.25) is 0 Å². The monoisotopic (exact) mass is 258 g/mol. The molecule has 2 N–H and O–H groups in total. The number of anilines is 1. The molecule has 19 heavy (non-hydrogen) atoms. The first-order chi connectivity index (χ1) is 9.19. The molecule has 0 saturated carbocycles. The molecule has 3 heteroatoms. The largest absolute Gasteiger partial charge is 0.374 e. The Morgan fingerprint density at radius 3 is 2.47 bits per heavy atom. The summed E-state index contributed by atoms with van der Waals surface area (Å²) < 4.78 is 13.5. The second-order valence-corrected chi connectivity index (χ2v) is 4.68. The second-order valence-electron chi connectivity index (χ2n) is 4.68. The topological polar surface area (TPSA) is 29.3 Å². The molecule has 0 aromatic heterocycles. The number of hydrogen-bond donors (Lipinski definition) is 1. The maximum Gasteiger partial charge on any atom is 0.125 e. The van der Waals surface area contributed by atoms with Gasteiger partial charge in [0.25, 0.3) is 0 Å². The van der Waals surface area contributed by atoms with Gasteiger partial charge in [0.1, 0.15) is 5.82 Å². The minimum atomic E-state index is -0.232. The van der Waals surface area contributed by atoms with E-state index in [2.05, 4.69) is 17.0 Å². The first-order valence-corrected chi connectivity index (χ1v) is 6.43. The highest BCUT2D eigenvalue weighted by Crippen LogP contribution is 2.17. The van der Waals surface area contributed by atoms with Crippen molar-refractivity contribution in [1.82, 2.24) is 0 Å². The Morgan fingerprint density at radius 2 is 1.79 bits per heavy atom. The maximum atomic E-state index is 13.5. The Bertz CT molecular complexity index is 526. The van der Waals surface area contributed by atoms with E-state index in [1.807, 2.05) is 31.3 Å². The Hall–Kier alpha value is -1.87. The fourth-order valence-corrected chi connectivity index (χ4v) is 2.04. The summed E-state index contributed by atoms with van der Waals surface area (Å²) in [6, 6.07) is 15.2. The third-order valence-corrected chi connectivity index (χ3v) is 3.20. The normalized spacial score (nSPS) is 10.5. The SMILES string of the molecule is CN(CCc1ccccc1)c1cc(F)cc(CN)c1. The van der Waals surface area contributed by atoms with Gasteiger partial charge < -0.3 is 10.6 Å². The molecule has 0 aliphatic heterocycles. The molecular formula is C16H19FN2. The predicted molar refractivity (Wildman–Crippen MR) is 77.7 cm³/mol. The molecule has 100 valence electrons. The molecule has 0 spiro atoms. The predicted octanol–water partition coefficient (Wildman–Crippen LogP) is 2.96. The number of likely N-dealkylation sites (N-methyl/N-ethyl adjacent to an activating group) is 1. The summed E-state index contributed by atoms with van der Waals surface area (Å²) in [4.78, 5) is 2.05. The Labute approximate surface area is 113 Å². The van der Waals surface area contributed by atoms with Gasteiger partial charge in [0.05, 0.1) is 0 Å². The third kappa shape index (κ3) is 3.80. The molecule has 2 aromatic rings. The minimum Gasteiger partial charge on any atom is -0.374 e. The van der Waals surface area contributed by atoms with E-state index in [-0.39, 0.29) is 5.82 Å². The zero-order valence-electron chi connectivity index (χ0n) is 11.1. The molecule has 0 fully saturated rings. The Balaban J connectivity index is 2.03. The van der Waals surface area contributed by atoms with Crippen LogP contribution in [0.15, 0.2) is 48.5 Å². The summed E-state index contributed by atoms with van der Waals surface area (Å²) in [5.41, 5.74) is 8.54. The molecule has 2 nitrogen and oxygen atoms in total. The van der Waals surface area contributed by atoms with Crippen molar-refractivity contribution in [2.75, 3.05) is 18.5 Å². The van der Waals surface area contributed by atoms with Crippen LogP contribution in [-0.2, 0) is 13.0 Å². The van der Waals surface area contributed by atoms with Gasteiger partial charge in [0, 0.05) is 25.8 Å². The lowest BCUT2D eigenvalue weighted by molar-refractivity contribution is 0.624. The van der Waals surface area contributed by atoms with Gasteiger partial charge in [-0.15, -0.1) is 0 Å². The van der Waals surface area contributed by atoms with Crippen molar-refractivity contribution in [3.63, 3.8) is 0 Å². The van der Waals surface area contributed by atoms with Gasteiger partial charge in [-0.2, -0.15) is 0 Å². The fraction of sp³-hybridized carbons (Fsp3) is 0.250. The number of nitrogens with zero attached hydrogens (tertiary/aromatic N) is 1. The van der Waals surface area contributed by atoms with E-state index >= 15 is 0 Å². The summed E-state index contributed by atoms with van der Waals surface area (Å²) in [5.74, 6) is -0.232. The van der Waals surface area contributed by atoms with Crippen LogP contribution in [-0.4, -0.2) is 13.6 Å². The van der Waals surface area contributed by atoms with Gasteiger partial charge in [-0.25, -0.2) is 4.39 Å². The number of rotatable bonds is 5. The Kier molecular flexibility index (Phi) is 4.53. The molecule has 0 atom stereocenters. The molecule has 2 rings (SSSR count). The highest BCUT2D eigenvalue weighted by atomic mass is 19.1. The van der Waals surface area contributed by atoms with Gasteiger partial charge in [0.15, 0.2) is 0 Å². The van der Waals surface area contributed by atoms with Gasteiger partial charge in [-0.05, 0) is 35.7 Å². The number of benzene rings is 2. The van der Waals surface area contributed by atoms with Crippen molar-refractivity contribution in [2.45, 2.75) is 13.0 Å². The highest BCUT2D eigenvalue weighted by molar-refractivity contribution is 5.48. The van der Waals surface area contributed by atoms with E-state index in [1.165, 1.54) is 11.6 Å². The molecule has 0 aliphatic carbocycles. The van der Waals surface area contributed by atoms with Crippen LogP contribution in [0.1, 0.15) is 11.1 Å². The van der Waals surface area contributed by atoms with Crippen LogP contribution in [0, 0.1) is 5.82 Å². The van der Waals surface area contributed by atoms with E-state index in [4.69, 9.17) is 5.73 Å². The molecule has 0 saturated heterocycles. The van der Waals surface area contributed by atoms with Crippen LogP contribution in [0.5, 0.6) is 0 Å². The number of nitrogens with two attached hydrogens (primary N) is 1. The first-order valence-electron chi connectivity index (χ1n) is 6.43. The number of halogens is 1. The molecule has 0 unspecified atom stereocenters. The van der Waals surface area contributed by atoms with Crippen molar-refractivity contribution < 1.29 is 4.39 Å². The van der Waals surface area contributed by atoms with Crippen LogP contribution in [0.25, 0.3) is 0 Å². The standard InChI is InChI=1S/C16H19FN2/c1-19(8-7-13-5-3-2-4-6-13)16-10-14(12-18)9-15(17)11-16/h2-6,9-11H,7-8,12,18H2,1H3. The molecule has 0 amide bonds. The van der Waals surface area contributed by atoms with E-state index in [0.717, 1.165) is 24.2 Å². The summed E-state index contributed by atoms with van der Waals surface area (Å²) >= 11 is 0. The van der Waals surface area contributed by atoms with Crippen molar-refractivity contribution in [1.29, 1.82) is 0 Å². The van der Waals surface area contributed by atoms with Crippen LogP contribution < -0.4 is 10.6 Å². The van der Waals surface area contributed by atoms with Crippen LogP contribution in [0.3, 0.4) is 0 Å². The maximum absolute atomic E-state index is 13.5. The van der Waals surface area contributed by atoms with Crippen molar-refractivity contribution in [3.05, 3.63) is 65.5 Å². The minimum absolute atomic E-state index is 0.232. The summed E-state index contributed by atoms with van der Waals surface area (Å²) in [6.07, 6.45) is 0.936. The highest BCUT2D eigenvalue weighted by Gasteiger charge is 2.05. The summed E-state index contributed by atoms with van der Waals surface area (Å²) in [6.45, 7) is 1.20. The molecule has 0 heterocycles.